The summed E-state index contributed by atoms with van der Waals surface area (Å²) in [5.74, 6) is 5.66. The fourth-order valence-electron chi connectivity index (χ4n) is 9.30. The number of rotatable bonds is 6. The summed E-state index contributed by atoms with van der Waals surface area (Å²) in [6.07, 6.45) is 19.5. The summed E-state index contributed by atoms with van der Waals surface area (Å²) in [6, 6.07) is 0. The molecule has 0 aliphatic heterocycles. The summed E-state index contributed by atoms with van der Waals surface area (Å²) in [5, 5.41) is 10.3. The van der Waals surface area contributed by atoms with Gasteiger partial charge in [-0.3, -0.25) is 0 Å². The van der Waals surface area contributed by atoms with Crippen LogP contribution in [0.1, 0.15) is 118 Å². The van der Waals surface area contributed by atoms with Gasteiger partial charge in [0, 0.05) is 0 Å². The van der Waals surface area contributed by atoms with E-state index in [0.29, 0.717) is 10.8 Å². The predicted molar refractivity (Wildman–Crippen MR) is 119 cm³/mol. The smallest absolute Gasteiger partial charge is 0.0543 e. The van der Waals surface area contributed by atoms with E-state index >= 15 is 0 Å². The van der Waals surface area contributed by atoms with Crippen LogP contribution in [0.25, 0.3) is 0 Å². The van der Waals surface area contributed by atoms with Crippen LogP contribution >= 0.6 is 0 Å². The Balaban J connectivity index is 1.45. The Morgan fingerprint density at radius 3 is 2.39 bits per heavy atom. The lowest BCUT2D eigenvalue weighted by Gasteiger charge is -2.61. The number of aliphatic hydroxyl groups is 1. The van der Waals surface area contributed by atoms with Gasteiger partial charge in [-0.2, -0.15) is 0 Å². The molecule has 3 unspecified atom stereocenters. The molecular weight excluding hydrogens is 340 g/mol. The first kappa shape index (κ1) is 21.2. The normalized spacial score (nSPS) is 49.2. The third-order valence-electron chi connectivity index (χ3n) is 10.9. The van der Waals surface area contributed by atoms with Gasteiger partial charge in [-0.15, -0.1) is 0 Å². The van der Waals surface area contributed by atoms with Crippen molar-refractivity contribution in [2.24, 2.45) is 46.3 Å². The molecule has 4 aliphatic rings. The second-order valence-corrected chi connectivity index (χ2v) is 12.1. The van der Waals surface area contributed by atoms with Gasteiger partial charge in [-0.1, -0.05) is 59.8 Å². The first-order valence-electron chi connectivity index (χ1n) is 13.1. The second-order valence-electron chi connectivity index (χ2n) is 12.1. The van der Waals surface area contributed by atoms with Crippen LogP contribution in [0.5, 0.6) is 0 Å². The van der Waals surface area contributed by atoms with Gasteiger partial charge >= 0.3 is 0 Å². The van der Waals surface area contributed by atoms with Gasteiger partial charge in [-0.05, 0) is 104 Å². The fraction of sp³-hybridized carbons (Fsp3) is 1.00. The number of fused-ring (bicyclic) bond motifs is 5. The van der Waals surface area contributed by atoms with Crippen LogP contribution in [0.3, 0.4) is 0 Å². The molecule has 0 aromatic heterocycles. The molecule has 0 amide bonds. The molecule has 0 aromatic rings. The SMILES string of the molecule is CCCCCCC(C)[C@H]1CC[C@H]2[C@@H]3CCC4CC(O)CC[C@]4(C)[C@H]3CC[C@]12C. The van der Waals surface area contributed by atoms with Crippen LogP contribution in [-0.4, -0.2) is 11.2 Å². The Morgan fingerprint density at radius 1 is 0.857 bits per heavy atom. The summed E-state index contributed by atoms with van der Waals surface area (Å²) in [4.78, 5) is 0. The molecular formula is C27H48O. The molecule has 4 rings (SSSR count). The van der Waals surface area contributed by atoms with Crippen LogP contribution in [0, 0.1) is 46.3 Å². The van der Waals surface area contributed by atoms with Crippen molar-refractivity contribution >= 4 is 0 Å². The molecule has 0 spiro atoms. The molecule has 0 heterocycles. The Labute approximate surface area is 175 Å². The maximum absolute atomic E-state index is 10.3. The number of aliphatic hydroxyl groups excluding tert-OH is 1. The number of unbranched alkanes of at least 4 members (excludes halogenated alkanes) is 3. The highest BCUT2D eigenvalue weighted by atomic mass is 16.3. The minimum absolute atomic E-state index is 0.00657. The van der Waals surface area contributed by atoms with E-state index in [1.54, 1.807) is 0 Å². The fourth-order valence-corrected chi connectivity index (χ4v) is 9.30. The van der Waals surface area contributed by atoms with Crippen LogP contribution in [0.4, 0.5) is 0 Å². The summed E-state index contributed by atoms with van der Waals surface area (Å²) >= 11 is 0. The summed E-state index contributed by atoms with van der Waals surface area (Å²) < 4.78 is 0. The van der Waals surface area contributed by atoms with Crippen molar-refractivity contribution in [3.05, 3.63) is 0 Å². The van der Waals surface area contributed by atoms with Crippen molar-refractivity contribution in [1.29, 1.82) is 0 Å². The van der Waals surface area contributed by atoms with E-state index in [1.807, 2.05) is 0 Å². The minimum atomic E-state index is -0.00657. The van der Waals surface area contributed by atoms with Crippen molar-refractivity contribution in [2.45, 2.75) is 124 Å². The highest BCUT2D eigenvalue weighted by Crippen LogP contribution is 2.68. The van der Waals surface area contributed by atoms with E-state index in [4.69, 9.17) is 0 Å². The quantitative estimate of drug-likeness (QED) is 0.464. The molecule has 0 saturated heterocycles. The first-order valence-corrected chi connectivity index (χ1v) is 13.1. The van der Waals surface area contributed by atoms with E-state index in [9.17, 15) is 5.11 Å². The van der Waals surface area contributed by atoms with Gasteiger partial charge in [0.2, 0.25) is 0 Å². The molecule has 4 saturated carbocycles. The molecule has 0 radical (unpaired) electrons. The Bertz CT molecular complexity index is 528. The lowest BCUT2D eigenvalue weighted by molar-refractivity contribution is -0.129. The van der Waals surface area contributed by atoms with Crippen molar-refractivity contribution < 1.29 is 5.11 Å². The molecule has 28 heavy (non-hydrogen) atoms. The summed E-state index contributed by atoms with van der Waals surface area (Å²) in [7, 11) is 0. The molecule has 162 valence electrons. The highest BCUT2D eigenvalue weighted by molar-refractivity contribution is 5.09. The van der Waals surface area contributed by atoms with Crippen molar-refractivity contribution in [3.8, 4) is 0 Å². The average Bonchev–Trinajstić information content (AvgIpc) is 3.03. The third-order valence-corrected chi connectivity index (χ3v) is 10.9. The monoisotopic (exact) mass is 388 g/mol. The van der Waals surface area contributed by atoms with Crippen molar-refractivity contribution in [3.63, 3.8) is 0 Å². The van der Waals surface area contributed by atoms with E-state index in [0.717, 1.165) is 48.3 Å². The lowest BCUT2D eigenvalue weighted by Crippen LogP contribution is -2.54. The molecule has 1 heteroatoms. The lowest BCUT2D eigenvalue weighted by atomic mass is 9.44. The average molecular weight is 389 g/mol. The van der Waals surface area contributed by atoms with Crippen LogP contribution < -0.4 is 0 Å². The van der Waals surface area contributed by atoms with Gasteiger partial charge in [0.25, 0.3) is 0 Å². The first-order chi connectivity index (χ1) is 13.4. The third kappa shape index (κ3) is 3.50. The zero-order chi connectivity index (χ0) is 19.9. The second kappa shape index (κ2) is 8.24. The van der Waals surface area contributed by atoms with Crippen molar-refractivity contribution in [2.75, 3.05) is 0 Å². The van der Waals surface area contributed by atoms with Gasteiger partial charge in [0.15, 0.2) is 0 Å². The molecule has 0 aromatic carbocycles. The molecule has 0 bridgehead atoms. The van der Waals surface area contributed by atoms with Crippen molar-refractivity contribution in [1.82, 2.24) is 0 Å². The molecule has 1 N–H and O–H groups in total. The van der Waals surface area contributed by atoms with E-state index in [-0.39, 0.29) is 6.10 Å². The highest BCUT2D eigenvalue weighted by Gasteiger charge is 2.60. The van der Waals surface area contributed by atoms with E-state index in [2.05, 4.69) is 27.7 Å². The van der Waals surface area contributed by atoms with Gasteiger partial charge < -0.3 is 5.11 Å². The minimum Gasteiger partial charge on any atom is -0.393 e. The molecule has 9 atom stereocenters. The van der Waals surface area contributed by atoms with Crippen LogP contribution in [0.2, 0.25) is 0 Å². The standard InChI is InChI=1S/C27H48O/c1-5-6-7-8-9-19(2)23-12-13-24-22-11-10-20-18-21(28)14-16-26(20,3)25(22)15-17-27(23,24)4/h19-25,28H,5-18H2,1-4H3/t19?,20?,21?,22-,23+,24-,25-,26-,27+/m0/s1. The number of hydrogen-bond acceptors (Lipinski definition) is 1. The number of hydrogen-bond donors (Lipinski definition) is 1. The van der Waals surface area contributed by atoms with E-state index < -0.39 is 0 Å². The Hall–Kier alpha value is -0.0400. The Morgan fingerprint density at radius 2 is 1.61 bits per heavy atom. The summed E-state index contributed by atoms with van der Waals surface area (Å²) in [6.45, 7) is 10.3. The van der Waals surface area contributed by atoms with E-state index in [1.165, 1.54) is 77.0 Å². The van der Waals surface area contributed by atoms with Crippen LogP contribution in [0.15, 0.2) is 0 Å². The molecule has 4 aliphatic carbocycles. The zero-order valence-electron chi connectivity index (χ0n) is 19.4. The Kier molecular flexibility index (Phi) is 6.24. The molecule has 4 fully saturated rings. The zero-order valence-corrected chi connectivity index (χ0v) is 19.4. The summed E-state index contributed by atoms with van der Waals surface area (Å²) in [5.41, 5.74) is 1.16. The van der Waals surface area contributed by atoms with Crippen LogP contribution in [-0.2, 0) is 0 Å². The topological polar surface area (TPSA) is 20.2 Å². The maximum atomic E-state index is 10.3. The maximum Gasteiger partial charge on any atom is 0.0543 e. The van der Waals surface area contributed by atoms with Gasteiger partial charge in [-0.25, -0.2) is 0 Å². The predicted octanol–water partition coefficient (Wildman–Crippen LogP) is 7.61. The van der Waals surface area contributed by atoms with Gasteiger partial charge in [0.1, 0.15) is 0 Å². The molecule has 1 nitrogen and oxygen atoms in total. The van der Waals surface area contributed by atoms with Gasteiger partial charge in [0.05, 0.1) is 6.10 Å². The largest absolute Gasteiger partial charge is 0.393 e.